The Balaban J connectivity index is 1.56. The summed E-state index contributed by atoms with van der Waals surface area (Å²) in [5.74, 6) is 0.349. The van der Waals surface area contributed by atoms with Crippen molar-refractivity contribution in [1.82, 2.24) is 0 Å². The van der Waals surface area contributed by atoms with Crippen LogP contribution in [0.3, 0.4) is 0 Å². The zero-order chi connectivity index (χ0) is 17.6. The molecule has 0 aliphatic carbocycles. The van der Waals surface area contributed by atoms with Gasteiger partial charge in [0, 0.05) is 17.9 Å². The van der Waals surface area contributed by atoms with Gasteiger partial charge < -0.3 is 9.47 Å². The van der Waals surface area contributed by atoms with Gasteiger partial charge >= 0.3 is 0 Å². The van der Waals surface area contributed by atoms with E-state index in [0.717, 1.165) is 50.0 Å². The van der Waals surface area contributed by atoms with E-state index in [-0.39, 0.29) is 12.1 Å². The van der Waals surface area contributed by atoms with Crippen molar-refractivity contribution in [3.05, 3.63) is 59.4 Å². The van der Waals surface area contributed by atoms with Gasteiger partial charge in [-0.3, -0.25) is 0 Å². The fraction of sp³-hybridized carbons (Fsp3) is 0.455. The van der Waals surface area contributed by atoms with E-state index >= 15 is 0 Å². The first-order valence-electron chi connectivity index (χ1n) is 9.24. The average molecular weight is 342 g/mol. The highest BCUT2D eigenvalue weighted by atomic mass is 19.1. The molecular weight excluding hydrogens is 315 g/mol. The van der Waals surface area contributed by atoms with Gasteiger partial charge in [-0.1, -0.05) is 55.3 Å². The van der Waals surface area contributed by atoms with Gasteiger partial charge in [0.15, 0.2) is 6.29 Å². The summed E-state index contributed by atoms with van der Waals surface area (Å²) in [5, 5.41) is 0. The van der Waals surface area contributed by atoms with Crippen LogP contribution in [-0.2, 0) is 15.9 Å². The maximum absolute atomic E-state index is 14.5. The van der Waals surface area contributed by atoms with Gasteiger partial charge in [-0.2, -0.15) is 0 Å². The fourth-order valence-electron chi connectivity index (χ4n) is 3.29. The lowest BCUT2D eigenvalue weighted by molar-refractivity contribution is -0.203. The summed E-state index contributed by atoms with van der Waals surface area (Å²) in [6.45, 7) is 5.77. The summed E-state index contributed by atoms with van der Waals surface area (Å²) in [4.78, 5) is 0. The number of aryl methyl sites for hydroxylation is 2. The molecule has 1 saturated heterocycles. The molecule has 0 radical (unpaired) electrons. The third-order valence-corrected chi connectivity index (χ3v) is 4.80. The molecule has 0 N–H and O–H groups in total. The Morgan fingerprint density at radius 1 is 1.00 bits per heavy atom. The van der Waals surface area contributed by atoms with Crippen LogP contribution in [0, 0.1) is 18.7 Å². The molecule has 0 unspecified atom stereocenters. The minimum atomic E-state index is -0.171. The second-order valence-corrected chi connectivity index (χ2v) is 6.97. The zero-order valence-corrected chi connectivity index (χ0v) is 15.1. The van der Waals surface area contributed by atoms with Gasteiger partial charge in [0.2, 0.25) is 0 Å². The molecule has 1 aliphatic heterocycles. The van der Waals surface area contributed by atoms with E-state index in [1.165, 1.54) is 5.56 Å². The molecule has 0 spiro atoms. The van der Waals surface area contributed by atoms with Gasteiger partial charge in [-0.25, -0.2) is 4.39 Å². The molecule has 3 heteroatoms. The first-order valence-corrected chi connectivity index (χ1v) is 9.24. The minimum absolute atomic E-state index is 0.159. The topological polar surface area (TPSA) is 18.5 Å². The van der Waals surface area contributed by atoms with Crippen LogP contribution in [0.2, 0.25) is 0 Å². The molecular formula is C22H27FO2. The van der Waals surface area contributed by atoms with Crippen LogP contribution in [0.1, 0.15) is 37.3 Å². The molecule has 0 atom stereocenters. The van der Waals surface area contributed by atoms with E-state index in [9.17, 15) is 4.39 Å². The Morgan fingerprint density at radius 3 is 2.36 bits per heavy atom. The van der Waals surface area contributed by atoms with Crippen LogP contribution in [0.4, 0.5) is 4.39 Å². The molecule has 2 aromatic carbocycles. The van der Waals surface area contributed by atoms with Crippen molar-refractivity contribution in [1.29, 1.82) is 0 Å². The Bertz CT molecular complexity index is 673. The first kappa shape index (κ1) is 18.1. The van der Waals surface area contributed by atoms with Crippen LogP contribution in [-0.4, -0.2) is 19.5 Å². The van der Waals surface area contributed by atoms with Gasteiger partial charge in [-0.05, 0) is 37.0 Å². The maximum atomic E-state index is 14.5. The van der Waals surface area contributed by atoms with E-state index in [1.54, 1.807) is 6.07 Å². The number of ether oxygens (including phenoxy) is 2. The van der Waals surface area contributed by atoms with Crippen LogP contribution < -0.4 is 0 Å². The maximum Gasteiger partial charge on any atom is 0.157 e. The number of hydrogen-bond donors (Lipinski definition) is 0. The van der Waals surface area contributed by atoms with Crippen LogP contribution in [0.5, 0.6) is 0 Å². The summed E-state index contributed by atoms with van der Waals surface area (Å²) >= 11 is 0. The second-order valence-electron chi connectivity index (χ2n) is 6.97. The molecule has 2 nitrogen and oxygen atoms in total. The van der Waals surface area contributed by atoms with E-state index in [1.807, 2.05) is 43.3 Å². The molecule has 1 fully saturated rings. The number of benzene rings is 2. The van der Waals surface area contributed by atoms with E-state index in [0.29, 0.717) is 11.5 Å². The monoisotopic (exact) mass is 342 g/mol. The lowest BCUT2D eigenvalue weighted by Crippen LogP contribution is -2.32. The normalized spacial score (nSPS) is 20.6. The van der Waals surface area contributed by atoms with Crippen molar-refractivity contribution >= 4 is 0 Å². The highest BCUT2D eigenvalue weighted by Crippen LogP contribution is 2.25. The van der Waals surface area contributed by atoms with Crippen molar-refractivity contribution in [3.8, 4) is 11.1 Å². The van der Waals surface area contributed by atoms with Gasteiger partial charge in [0.25, 0.3) is 0 Å². The molecule has 0 bridgehead atoms. The summed E-state index contributed by atoms with van der Waals surface area (Å²) < 4.78 is 26.0. The van der Waals surface area contributed by atoms with Gasteiger partial charge in [-0.15, -0.1) is 0 Å². The summed E-state index contributed by atoms with van der Waals surface area (Å²) in [6, 6.07) is 13.4. The molecule has 2 aromatic rings. The first-order chi connectivity index (χ1) is 12.2. The third kappa shape index (κ3) is 4.90. The molecule has 1 heterocycles. The largest absolute Gasteiger partial charge is 0.352 e. The molecule has 0 amide bonds. The van der Waals surface area contributed by atoms with Crippen LogP contribution >= 0.6 is 0 Å². The van der Waals surface area contributed by atoms with Gasteiger partial charge in [0.05, 0.1) is 13.2 Å². The predicted octanol–water partition coefficient (Wildman–Crippen LogP) is 5.52. The predicted molar refractivity (Wildman–Crippen MR) is 99.0 cm³/mol. The summed E-state index contributed by atoms with van der Waals surface area (Å²) in [6.07, 6.45) is 3.68. The second kappa shape index (κ2) is 8.59. The standard InChI is InChI=1S/C22H27FO2/c1-3-4-18-14-24-22(25-15-18)12-8-17-7-11-20(21(23)13-17)19-9-5-16(2)6-10-19/h5-7,9-11,13,18,22H,3-4,8,12,14-15H2,1-2H3. The molecule has 0 aromatic heterocycles. The van der Waals surface area contributed by atoms with E-state index in [4.69, 9.17) is 9.47 Å². The molecule has 134 valence electrons. The van der Waals surface area contributed by atoms with Crippen molar-refractivity contribution in [2.75, 3.05) is 13.2 Å². The van der Waals surface area contributed by atoms with Crippen molar-refractivity contribution in [2.45, 2.75) is 45.8 Å². The van der Waals surface area contributed by atoms with Crippen molar-refractivity contribution < 1.29 is 13.9 Å². The quantitative estimate of drug-likeness (QED) is 0.688. The Hall–Kier alpha value is -1.71. The highest BCUT2D eigenvalue weighted by molar-refractivity contribution is 5.64. The summed E-state index contributed by atoms with van der Waals surface area (Å²) in [7, 11) is 0. The molecule has 0 saturated carbocycles. The zero-order valence-electron chi connectivity index (χ0n) is 15.1. The molecule has 3 rings (SSSR count). The van der Waals surface area contributed by atoms with Crippen molar-refractivity contribution in [2.24, 2.45) is 5.92 Å². The Morgan fingerprint density at radius 2 is 1.72 bits per heavy atom. The molecule has 25 heavy (non-hydrogen) atoms. The average Bonchev–Trinajstić information content (AvgIpc) is 2.62. The number of rotatable bonds is 6. The summed E-state index contributed by atoms with van der Waals surface area (Å²) in [5.41, 5.74) is 3.72. The Kier molecular flexibility index (Phi) is 6.22. The number of hydrogen-bond acceptors (Lipinski definition) is 2. The van der Waals surface area contributed by atoms with E-state index in [2.05, 4.69) is 6.92 Å². The Labute approximate surface area is 150 Å². The fourth-order valence-corrected chi connectivity index (χ4v) is 3.29. The third-order valence-electron chi connectivity index (χ3n) is 4.80. The highest BCUT2D eigenvalue weighted by Gasteiger charge is 2.21. The SMILES string of the molecule is CCCC1COC(CCc2ccc(-c3ccc(C)cc3)c(F)c2)OC1. The minimum Gasteiger partial charge on any atom is -0.352 e. The lowest BCUT2D eigenvalue weighted by Gasteiger charge is -2.29. The number of halogens is 1. The molecule has 1 aliphatic rings. The van der Waals surface area contributed by atoms with Crippen LogP contribution in [0.15, 0.2) is 42.5 Å². The van der Waals surface area contributed by atoms with Crippen molar-refractivity contribution in [3.63, 3.8) is 0 Å². The van der Waals surface area contributed by atoms with Crippen LogP contribution in [0.25, 0.3) is 11.1 Å². The lowest BCUT2D eigenvalue weighted by atomic mass is 10.00. The van der Waals surface area contributed by atoms with E-state index < -0.39 is 0 Å². The smallest absolute Gasteiger partial charge is 0.157 e. The van der Waals surface area contributed by atoms with Gasteiger partial charge in [0.1, 0.15) is 5.82 Å².